The van der Waals surface area contributed by atoms with Gasteiger partial charge in [0.25, 0.3) is 0 Å². The molecule has 0 aromatic rings. The summed E-state index contributed by atoms with van der Waals surface area (Å²) in [6, 6.07) is 0. The molecule has 0 aromatic heterocycles. The summed E-state index contributed by atoms with van der Waals surface area (Å²) in [5, 5.41) is 0. The van der Waals surface area contributed by atoms with Crippen molar-refractivity contribution in [2.24, 2.45) is 9.98 Å². The van der Waals surface area contributed by atoms with Gasteiger partial charge in [-0.25, -0.2) is 19.6 Å². The van der Waals surface area contributed by atoms with E-state index in [4.69, 9.17) is 9.59 Å². The summed E-state index contributed by atoms with van der Waals surface area (Å²) in [5.41, 5.74) is 0. The standard InChI is InChI=1S/2C3H5NO/c2*1-2-4-3-5/h2*2H2,1H3. The van der Waals surface area contributed by atoms with Crippen LogP contribution in [0.1, 0.15) is 13.8 Å². The van der Waals surface area contributed by atoms with E-state index < -0.39 is 0 Å². The van der Waals surface area contributed by atoms with E-state index in [-0.39, 0.29) is 0 Å². The molecule has 10 heavy (non-hydrogen) atoms. The first-order valence-electron chi connectivity index (χ1n) is 2.90. The Morgan fingerprint density at radius 3 is 1.30 bits per heavy atom. The van der Waals surface area contributed by atoms with E-state index in [1.54, 1.807) is 13.8 Å². The third kappa shape index (κ3) is 29.4. The van der Waals surface area contributed by atoms with E-state index >= 15 is 0 Å². The number of nitrogens with zero attached hydrogens (tertiary/aromatic N) is 2. The lowest BCUT2D eigenvalue weighted by Gasteiger charge is -1.58. The predicted octanol–water partition coefficient (Wildman–Crippen LogP) is 0.684. The van der Waals surface area contributed by atoms with Crippen LogP contribution in [-0.2, 0) is 9.59 Å². The van der Waals surface area contributed by atoms with Crippen LogP contribution in [0.25, 0.3) is 0 Å². The van der Waals surface area contributed by atoms with Crippen LogP contribution in [-0.4, -0.2) is 25.2 Å². The highest BCUT2D eigenvalue weighted by atomic mass is 16.1. The van der Waals surface area contributed by atoms with Gasteiger partial charge in [0, 0.05) is 13.1 Å². The average Bonchev–Trinajstić information content (AvgIpc) is 1.93. The third-order valence-corrected chi connectivity index (χ3v) is 0.445. The first-order chi connectivity index (χ1) is 4.83. The van der Waals surface area contributed by atoms with E-state index in [0.29, 0.717) is 13.1 Å². The predicted molar refractivity (Wildman–Crippen MR) is 37.3 cm³/mol. The van der Waals surface area contributed by atoms with Crippen molar-refractivity contribution in [3.05, 3.63) is 0 Å². The number of rotatable bonds is 2. The second-order valence-corrected chi connectivity index (χ2v) is 1.13. The highest BCUT2D eigenvalue weighted by Crippen LogP contribution is 1.53. The molecule has 0 heterocycles. The Kier molecular flexibility index (Phi) is 18.1. The number of hydrogen-bond donors (Lipinski definition) is 0. The zero-order chi connectivity index (χ0) is 8.24. The van der Waals surface area contributed by atoms with Gasteiger partial charge in [-0.2, -0.15) is 0 Å². The van der Waals surface area contributed by atoms with Crippen molar-refractivity contribution in [3.8, 4) is 0 Å². The number of hydrogen-bond acceptors (Lipinski definition) is 4. The number of isocyanates is 2. The molecule has 0 aliphatic heterocycles. The first kappa shape index (κ1) is 11.5. The van der Waals surface area contributed by atoms with Crippen LogP contribution in [0, 0.1) is 0 Å². The van der Waals surface area contributed by atoms with Gasteiger partial charge in [-0.1, -0.05) is 0 Å². The minimum atomic E-state index is 0.545. The van der Waals surface area contributed by atoms with Gasteiger partial charge < -0.3 is 0 Å². The monoisotopic (exact) mass is 142 g/mol. The Bertz CT molecular complexity index is 126. The van der Waals surface area contributed by atoms with Crippen LogP contribution in [0.4, 0.5) is 0 Å². The summed E-state index contributed by atoms with van der Waals surface area (Å²) in [4.78, 5) is 24.6. The topological polar surface area (TPSA) is 58.9 Å². The van der Waals surface area contributed by atoms with Crippen LogP contribution in [0.2, 0.25) is 0 Å². The fourth-order valence-corrected chi connectivity index (χ4v) is 0.129. The van der Waals surface area contributed by atoms with E-state index in [1.807, 2.05) is 0 Å². The highest BCUT2D eigenvalue weighted by Gasteiger charge is 1.52. The molecule has 0 unspecified atom stereocenters. The largest absolute Gasteiger partial charge is 0.234 e. The van der Waals surface area contributed by atoms with E-state index in [9.17, 15) is 0 Å². The molecule has 0 saturated heterocycles. The Morgan fingerprint density at radius 1 is 1.00 bits per heavy atom. The quantitative estimate of drug-likeness (QED) is 0.420. The Balaban J connectivity index is 0. The van der Waals surface area contributed by atoms with Crippen LogP contribution < -0.4 is 0 Å². The zero-order valence-electron chi connectivity index (χ0n) is 6.13. The Labute approximate surface area is 59.7 Å². The van der Waals surface area contributed by atoms with Gasteiger partial charge in [0.15, 0.2) is 0 Å². The molecule has 0 radical (unpaired) electrons. The third-order valence-electron chi connectivity index (χ3n) is 0.445. The molecular formula is C6H10N2O2. The molecule has 0 aromatic carbocycles. The van der Waals surface area contributed by atoms with Crippen LogP contribution in [0.5, 0.6) is 0 Å². The minimum Gasteiger partial charge on any atom is -0.211 e. The molecule has 0 bridgehead atoms. The summed E-state index contributed by atoms with van der Waals surface area (Å²) in [6.45, 7) is 4.66. The Morgan fingerprint density at radius 2 is 1.30 bits per heavy atom. The molecule has 0 aliphatic rings. The molecule has 0 amide bonds. The van der Waals surface area contributed by atoms with E-state index in [0.717, 1.165) is 0 Å². The van der Waals surface area contributed by atoms with Crippen LogP contribution in [0.3, 0.4) is 0 Å². The van der Waals surface area contributed by atoms with Crippen LogP contribution >= 0.6 is 0 Å². The number of carbonyl (C=O) groups excluding carboxylic acids is 2. The lowest BCUT2D eigenvalue weighted by atomic mass is 10.8. The van der Waals surface area contributed by atoms with Gasteiger partial charge in [0.1, 0.15) is 0 Å². The lowest BCUT2D eigenvalue weighted by Crippen LogP contribution is -1.58. The highest BCUT2D eigenvalue weighted by molar-refractivity contribution is 5.32. The zero-order valence-corrected chi connectivity index (χ0v) is 6.13. The van der Waals surface area contributed by atoms with Crippen molar-refractivity contribution < 1.29 is 9.59 Å². The molecule has 0 aliphatic carbocycles. The SMILES string of the molecule is CCN=C=O.CCN=C=O. The summed E-state index contributed by atoms with van der Waals surface area (Å²) in [5.74, 6) is 0. The smallest absolute Gasteiger partial charge is 0.211 e. The maximum absolute atomic E-state index is 9.11. The molecule has 4 heteroatoms. The first-order valence-corrected chi connectivity index (χ1v) is 2.90. The molecule has 56 valence electrons. The maximum Gasteiger partial charge on any atom is 0.234 e. The molecule has 0 rings (SSSR count). The summed E-state index contributed by atoms with van der Waals surface area (Å²) < 4.78 is 0. The van der Waals surface area contributed by atoms with E-state index in [1.165, 1.54) is 12.2 Å². The molecule has 0 atom stereocenters. The number of aliphatic imine (C=N–C) groups is 2. The van der Waals surface area contributed by atoms with E-state index in [2.05, 4.69) is 9.98 Å². The van der Waals surface area contributed by atoms with Crippen LogP contribution in [0.15, 0.2) is 9.98 Å². The molecule has 0 fully saturated rings. The average molecular weight is 142 g/mol. The van der Waals surface area contributed by atoms with Gasteiger partial charge in [0.2, 0.25) is 12.2 Å². The van der Waals surface area contributed by atoms with Gasteiger partial charge in [-0.05, 0) is 13.8 Å². The maximum atomic E-state index is 9.11. The van der Waals surface area contributed by atoms with Crippen molar-refractivity contribution in [2.75, 3.05) is 13.1 Å². The van der Waals surface area contributed by atoms with Crippen molar-refractivity contribution in [1.82, 2.24) is 0 Å². The second-order valence-electron chi connectivity index (χ2n) is 1.13. The van der Waals surface area contributed by atoms with Crippen molar-refractivity contribution in [1.29, 1.82) is 0 Å². The fourth-order valence-electron chi connectivity index (χ4n) is 0.129. The van der Waals surface area contributed by atoms with Gasteiger partial charge in [-0.15, -0.1) is 0 Å². The van der Waals surface area contributed by atoms with Gasteiger partial charge in [0.05, 0.1) is 0 Å². The summed E-state index contributed by atoms with van der Waals surface area (Å²) in [7, 11) is 0. The summed E-state index contributed by atoms with van der Waals surface area (Å²) >= 11 is 0. The molecule has 0 spiro atoms. The van der Waals surface area contributed by atoms with Crippen molar-refractivity contribution in [3.63, 3.8) is 0 Å². The normalized spacial score (nSPS) is 5.80. The summed E-state index contributed by atoms with van der Waals surface area (Å²) in [6.07, 6.45) is 2.78. The van der Waals surface area contributed by atoms with Gasteiger partial charge >= 0.3 is 0 Å². The second kappa shape index (κ2) is 15.7. The van der Waals surface area contributed by atoms with Crippen molar-refractivity contribution in [2.45, 2.75) is 13.8 Å². The molecule has 4 nitrogen and oxygen atoms in total. The van der Waals surface area contributed by atoms with Gasteiger partial charge in [-0.3, -0.25) is 0 Å². The van der Waals surface area contributed by atoms with Crippen molar-refractivity contribution >= 4 is 12.2 Å². The Hall–Kier alpha value is -1.24. The molecule has 0 N–H and O–H groups in total. The lowest BCUT2D eigenvalue weighted by molar-refractivity contribution is 0.562. The minimum absolute atomic E-state index is 0.545. The molecule has 0 saturated carbocycles. The fraction of sp³-hybridized carbons (Fsp3) is 0.667. The molecular weight excluding hydrogens is 132 g/mol.